The number of amides is 2. The van der Waals surface area contributed by atoms with Crippen molar-refractivity contribution in [2.45, 2.75) is 18.6 Å². The molecule has 3 N–H and O–H groups in total. The second-order valence-electron chi connectivity index (χ2n) is 4.23. The predicted octanol–water partition coefficient (Wildman–Crippen LogP) is 1.30. The second kappa shape index (κ2) is 7.63. The maximum absolute atomic E-state index is 11.8. The van der Waals surface area contributed by atoms with Gasteiger partial charge in [-0.05, 0) is 5.56 Å². The summed E-state index contributed by atoms with van der Waals surface area (Å²) in [5.74, 6) is -1.38. The highest BCUT2D eigenvalue weighted by molar-refractivity contribution is 5.87. The molecule has 21 heavy (non-hydrogen) atoms. The molecule has 0 fully saturated rings. The van der Waals surface area contributed by atoms with Crippen LogP contribution in [-0.2, 0) is 14.3 Å². The van der Waals surface area contributed by atoms with E-state index in [0.717, 1.165) is 0 Å². The number of hydrogen-bond acceptors (Lipinski definition) is 3. The zero-order chi connectivity index (χ0) is 15.9. The number of hydrogen-bond donors (Lipinski definition) is 2. The number of nitrogens with two attached hydrogens (primary N) is 1. The van der Waals surface area contributed by atoms with Crippen LogP contribution in [0.5, 0.6) is 0 Å². The molecule has 0 aliphatic carbocycles. The molecule has 0 unspecified atom stereocenters. The lowest BCUT2D eigenvalue weighted by molar-refractivity contribution is -0.174. The molecule has 1 aromatic rings. The molecular weight excluding hydrogens is 289 g/mol. The summed E-state index contributed by atoms with van der Waals surface area (Å²) < 4.78 is 39.8. The maximum Gasteiger partial charge on any atom is 0.411 e. The van der Waals surface area contributed by atoms with E-state index >= 15 is 0 Å². The van der Waals surface area contributed by atoms with Gasteiger partial charge in [0.2, 0.25) is 11.8 Å². The van der Waals surface area contributed by atoms with E-state index in [0.29, 0.717) is 5.56 Å². The topological polar surface area (TPSA) is 81.4 Å². The van der Waals surface area contributed by atoms with E-state index in [1.54, 1.807) is 30.3 Å². The molecule has 0 heterocycles. The molecule has 1 atom stereocenters. The normalized spacial score (nSPS) is 12.7. The Morgan fingerprint density at radius 1 is 1.24 bits per heavy atom. The van der Waals surface area contributed by atoms with Crippen molar-refractivity contribution in [2.75, 3.05) is 13.2 Å². The molecule has 0 bridgehead atoms. The minimum Gasteiger partial charge on any atom is -0.372 e. The summed E-state index contributed by atoms with van der Waals surface area (Å²) in [7, 11) is 0. The van der Waals surface area contributed by atoms with Gasteiger partial charge < -0.3 is 15.8 Å². The van der Waals surface area contributed by atoms with Gasteiger partial charge in [0.05, 0.1) is 6.61 Å². The molecule has 0 saturated heterocycles. The summed E-state index contributed by atoms with van der Waals surface area (Å²) in [5, 5.41) is 2.36. The first kappa shape index (κ1) is 17.0. The van der Waals surface area contributed by atoms with Crippen LogP contribution in [0.15, 0.2) is 30.3 Å². The number of alkyl halides is 3. The van der Waals surface area contributed by atoms with Crippen LogP contribution in [0.3, 0.4) is 0 Å². The number of primary amides is 1. The van der Waals surface area contributed by atoms with E-state index in [1.807, 2.05) is 0 Å². The lowest BCUT2D eigenvalue weighted by Crippen LogP contribution is -2.37. The van der Waals surface area contributed by atoms with Gasteiger partial charge in [0.25, 0.3) is 0 Å². The van der Waals surface area contributed by atoms with Gasteiger partial charge in [-0.1, -0.05) is 30.3 Å². The highest BCUT2D eigenvalue weighted by Crippen LogP contribution is 2.15. The number of rotatable bonds is 7. The van der Waals surface area contributed by atoms with Crippen LogP contribution < -0.4 is 11.1 Å². The van der Waals surface area contributed by atoms with E-state index in [9.17, 15) is 22.8 Å². The van der Waals surface area contributed by atoms with Crippen molar-refractivity contribution >= 4 is 11.8 Å². The van der Waals surface area contributed by atoms with Gasteiger partial charge >= 0.3 is 6.18 Å². The molecule has 2 amide bonds. The van der Waals surface area contributed by atoms with Gasteiger partial charge in [0, 0.05) is 6.42 Å². The summed E-state index contributed by atoms with van der Waals surface area (Å²) in [4.78, 5) is 22.9. The lowest BCUT2D eigenvalue weighted by atomic mass is 10.1. The Labute approximate surface area is 119 Å². The number of carbonyl (C=O) groups is 2. The standard InChI is InChI=1S/C13H15F3N2O3/c14-13(15,16)8-21-7-6-10(19)18-11(12(17)20)9-4-2-1-3-5-9/h1-5,11H,6-8H2,(H2,17,20)(H,18,19)/t11-/m0/s1. The molecule has 0 spiro atoms. The Bertz CT molecular complexity index is 477. The second-order valence-corrected chi connectivity index (χ2v) is 4.23. The zero-order valence-electron chi connectivity index (χ0n) is 11.0. The number of benzene rings is 1. The molecule has 0 aromatic heterocycles. The molecule has 1 aromatic carbocycles. The summed E-state index contributed by atoms with van der Waals surface area (Å²) in [6.45, 7) is -1.82. The third-order valence-corrected chi connectivity index (χ3v) is 2.46. The van der Waals surface area contributed by atoms with E-state index in [1.165, 1.54) is 0 Å². The van der Waals surface area contributed by atoms with Crippen molar-refractivity contribution in [3.63, 3.8) is 0 Å². The van der Waals surface area contributed by atoms with Crippen LogP contribution in [0.2, 0.25) is 0 Å². The molecule has 1 rings (SSSR count). The third kappa shape index (κ3) is 6.75. The lowest BCUT2D eigenvalue weighted by Gasteiger charge is -2.16. The van der Waals surface area contributed by atoms with Crippen molar-refractivity contribution in [2.24, 2.45) is 5.73 Å². The Morgan fingerprint density at radius 3 is 2.38 bits per heavy atom. The molecule has 0 aliphatic heterocycles. The highest BCUT2D eigenvalue weighted by Gasteiger charge is 2.27. The van der Waals surface area contributed by atoms with Gasteiger partial charge in [-0.15, -0.1) is 0 Å². The van der Waals surface area contributed by atoms with Crippen LogP contribution in [0.4, 0.5) is 13.2 Å². The van der Waals surface area contributed by atoms with Crippen LogP contribution in [-0.4, -0.2) is 31.2 Å². The first-order chi connectivity index (χ1) is 9.79. The average molecular weight is 304 g/mol. The van der Waals surface area contributed by atoms with Crippen LogP contribution in [0.1, 0.15) is 18.0 Å². The Morgan fingerprint density at radius 2 is 1.86 bits per heavy atom. The molecule has 0 radical (unpaired) electrons. The van der Waals surface area contributed by atoms with E-state index in [2.05, 4.69) is 10.1 Å². The third-order valence-electron chi connectivity index (χ3n) is 2.46. The van der Waals surface area contributed by atoms with Gasteiger partial charge in [0.1, 0.15) is 12.6 Å². The van der Waals surface area contributed by atoms with Crippen molar-refractivity contribution in [3.8, 4) is 0 Å². The SMILES string of the molecule is NC(=O)[C@@H](NC(=O)CCOCC(F)(F)F)c1ccccc1. The van der Waals surface area contributed by atoms with Crippen molar-refractivity contribution < 1.29 is 27.5 Å². The minimum absolute atomic E-state index is 0.299. The van der Waals surface area contributed by atoms with E-state index in [-0.39, 0.29) is 6.42 Å². The van der Waals surface area contributed by atoms with Crippen molar-refractivity contribution in [3.05, 3.63) is 35.9 Å². The molecule has 116 valence electrons. The van der Waals surface area contributed by atoms with Crippen molar-refractivity contribution in [1.29, 1.82) is 0 Å². The maximum atomic E-state index is 11.8. The number of carbonyl (C=O) groups excluding carboxylic acids is 2. The van der Waals surface area contributed by atoms with Gasteiger partial charge in [0.15, 0.2) is 0 Å². The first-order valence-corrected chi connectivity index (χ1v) is 6.08. The van der Waals surface area contributed by atoms with Crippen LogP contribution in [0.25, 0.3) is 0 Å². The summed E-state index contributed by atoms with van der Waals surface area (Å²) >= 11 is 0. The molecule has 0 aliphatic rings. The Kier molecular flexibility index (Phi) is 6.16. The summed E-state index contributed by atoms with van der Waals surface area (Å²) in [6, 6.07) is 7.26. The Hall–Kier alpha value is -2.09. The molecule has 0 saturated carbocycles. The monoisotopic (exact) mass is 304 g/mol. The Balaban J connectivity index is 2.46. The summed E-state index contributed by atoms with van der Waals surface area (Å²) in [6.07, 6.45) is -4.73. The first-order valence-electron chi connectivity index (χ1n) is 6.08. The minimum atomic E-state index is -4.43. The smallest absolute Gasteiger partial charge is 0.372 e. The molecular formula is C13H15F3N2O3. The largest absolute Gasteiger partial charge is 0.411 e. The van der Waals surface area contributed by atoms with E-state index in [4.69, 9.17) is 5.73 Å². The van der Waals surface area contributed by atoms with Gasteiger partial charge in [-0.25, -0.2) is 0 Å². The molecule has 5 nitrogen and oxygen atoms in total. The summed E-state index contributed by atoms with van der Waals surface area (Å²) in [5.41, 5.74) is 5.69. The fourth-order valence-corrected chi connectivity index (χ4v) is 1.55. The molecule has 8 heteroatoms. The average Bonchev–Trinajstić information content (AvgIpc) is 2.40. The predicted molar refractivity (Wildman–Crippen MR) is 68.0 cm³/mol. The highest BCUT2D eigenvalue weighted by atomic mass is 19.4. The zero-order valence-corrected chi connectivity index (χ0v) is 11.0. The van der Waals surface area contributed by atoms with Crippen molar-refractivity contribution in [1.82, 2.24) is 5.32 Å². The number of nitrogens with one attached hydrogen (secondary N) is 1. The fourth-order valence-electron chi connectivity index (χ4n) is 1.55. The van der Waals surface area contributed by atoms with Gasteiger partial charge in [-0.2, -0.15) is 13.2 Å². The van der Waals surface area contributed by atoms with Crippen LogP contribution >= 0.6 is 0 Å². The quantitative estimate of drug-likeness (QED) is 0.745. The fraction of sp³-hybridized carbons (Fsp3) is 0.385. The van der Waals surface area contributed by atoms with Crippen LogP contribution in [0, 0.1) is 0 Å². The van der Waals surface area contributed by atoms with Gasteiger partial charge in [-0.3, -0.25) is 9.59 Å². The number of halogens is 3. The van der Waals surface area contributed by atoms with E-state index < -0.39 is 37.2 Å². The number of ether oxygens (including phenoxy) is 1.